The number of amides is 3. The average Bonchev–Trinajstić information content (AvgIpc) is 2.66. The van der Waals surface area contributed by atoms with Gasteiger partial charge in [-0.1, -0.05) is 0 Å². The van der Waals surface area contributed by atoms with E-state index >= 15 is 0 Å². The quantitative estimate of drug-likeness (QED) is 0.794. The van der Waals surface area contributed by atoms with E-state index < -0.39 is 11.8 Å². The molecule has 3 amide bonds. The van der Waals surface area contributed by atoms with E-state index in [1.54, 1.807) is 14.5 Å². The van der Waals surface area contributed by atoms with E-state index in [-0.39, 0.29) is 31.4 Å². The summed E-state index contributed by atoms with van der Waals surface area (Å²) in [6, 6.07) is 1.90. The van der Waals surface area contributed by atoms with Crippen molar-refractivity contribution in [2.45, 2.75) is 27.3 Å². The second-order valence-electron chi connectivity index (χ2n) is 5.99. The Morgan fingerprint density at radius 3 is 2.35 bits per heavy atom. The average molecular weight is 321 g/mol. The molecule has 23 heavy (non-hydrogen) atoms. The smallest absolute Gasteiger partial charge is 0.244 e. The number of rotatable bonds is 3. The van der Waals surface area contributed by atoms with Gasteiger partial charge in [-0.25, -0.2) is 0 Å². The Balaban J connectivity index is 2.11. The van der Waals surface area contributed by atoms with Gasteiger partial charge < -0.3 is 15.5 Å². The molecule has 0 saturated carbocycles. The Morgan fingerprint density at radius 2 is 1.83 bits per heavy atom. The molecule has 1 aliphatic heterocycles. The largest absolute Gasteiger partial charge is 0.369 e. The second-order valence-corrected chi connectivity index (χ2v) is 5.99. The van der Waals surface area contributed by atoms with Crippen molar-refractivity contribution in [1.29, 1.82) is 0 Å². The van der Waals surface area contributed by atoms with Crippen LogP contribution in [0.1, 0.15) is 18.3 Å². The summed E-state index contributed by atoms with van der Waals surface area (Å²) in [7, 11) is 0. The molecule has 1 fully saturated rings. The monoisotopic (exact) mass is 321 g/mol. The van der Waals surface area contributed by atoms with Gasteiger partial charge in [-0.15, -0.1) is 0 Å². The van der Waals surface area contributed by atoms with Crippen LogP contribution in [0, 0.1) is 19.8 Å². The van der Waals surface area contributed by atoms with Gasteiger partial charge in [-0.05, 0) is 19.9 Å². The molecule has 1 aromatic rings. The number of primary amides is 1. The van der Waals surface area contributed by atoms with Crippen LogP contribution in [0.3, 0.4) is 0 Å². The number of aromatic nitrogens is 2. The summed E-state index contributed by atoms with van der Waals surface area (Å²) >= 11 is 0. The zero-order valence-corrected chi connectivity index (χ0v) is 13.8. The van der Waals surface area contributed by atoms with Gasteiger partial charge in [-0.2, -0.15) is 5.10 Å². The van der Waals surface area contributed by atoms with Crippen molar-refractivity contribution >= 4 is 17.7 Å². The molecule has 1 saturated heterocycles. The SMILES string of the molecule is CC(=O)N1CCN(C(=O)Cn2nc(C)cc2C)CC(C(N)=O)C1. The third kappa shape index (κ3) is 4.08. The van der Waals surface area contributed by atoms with Crippen LogP contribution in [0.25, 0.3) is 0 Å². The van der Waals surface area contributed by atoms with Crippen LogP contribution in [0.4, 0.5) is 0 Å². The van der Waals surface area contributed by atoms with E-state index in [1.807, 2.05) is 19.9 Å². The predicted molar refractivity (Wildman–Crippen MR) is 83.2 cm³/mol. The molecule has 1 atom stereocenters. The fraction of sp³-hybridized carbons (Fsp3) is 0.600. The molecule has 0 aromatic carbocycles. The first-order chi connectivity index (χ1) is 10.8. The minimum atomic E-state index is -0.550. The maximum Gasteiger partial charge on any atom is 0.244 e. The number of carbonyl (C=O) groups excluding carboxylic acids is 3. The molecule has 8 nitrogen and oxygen atoms in total. The van der Waals surface area contributed by atoms with Crippen LogP contribution in [-0.4, -0.2) is 63.5 Å². The standard InChI is InChI=1S/C15H23N5O3/c1-10-6-11(2)20(17-10)9-14(22)19-5-4-18(12(3)21)7-13(8-19)15(16)23/h6,13H,4-5,7-9H2,1-3H3,(H2,16,23). The first-order valence-electron chi connectivity index (χ1n) is 7.61. The van der Waals surface area contributed by atoms with Gasteiger partial charge in [-0.3, -0.25) is 19.1 Å². The maximum atomic E-state index is 12.5. The molecule has 0 radical (unpaired) electrons. The third-order valence-corrected chi connectivity index (χ3v) is 4.11. The highest BCUT2D eigenvalue weighted by Gasteiger charge is 2.30. The van der Waals surface area contributed by atoms with E-state index in [1.165, 1.54) is 6.92 Å². The van der Waals surface area contributed by atoms with Crippen molar-refractivity contribution in [2.24, 2.45) is 11.7 Å². The fourth-order valence-corrected chi connectivity index (χ4v) is 2.77. The highest BCUT2D eigenvalue weighted by Crippen LogP contribution is 2.11. The summed E-state index contributed by atoms with van der Waals surface area (Å²) in [4.78, 5) is 38.9. The maximum absolute atomic E-state index is 12.5. The molecular weight excluding hydrogens is 298 g/mol. The molecule has 2 N–H and O–H groups in total. The lowest BCUT2D eigenvalue weighted by molar-refractivity contribution is -0.133. The van der Waals surface area contributed by atoms with Crippen LogP contribution in [0.5, 0.6) is 0 Å². The van der Waals surface area contributed by atoms with Crippen molar-refractivity contribution in [3.05, 3.63) is 17.5 Å². The molecule has 0 spiro atoms. The van der Waals surface area contributed by atoms with E-state index in [9.17, 15) is 14.4 Å². The lowest BCUT2D eigenvalue weighted by atomic mass is 10.1. The minimum absolute atomic E-state index is 0.116. The summed E-state index contributed by atoms with van der Waals surface area (Å²) in [5, 5.41) is 4.28. The summed E-state index contributed by atoms with van der Waals surface area (Å²) in [6.45, 7) is 6.61. The van der Waals surface area contributed by atoms with Gasteiger partial charge in [0.2, 0.25) is 17.7 Å². The van der Waals surface area contributed by atoms with Crippen LogP contribution in [-0.2, 0) is 20.9 Å². The molecule has 1 unspecified atom stereocenters. The molecule has 2 rings (SSSR count). The number of aryl methyl sites for hydroxylation is 2. The highest BCUT2D eigenvalue weighted by molar-refractivity contribution is 5.81. The Bertz CT molecular complexity index is 625. The Kier molecular flexibility index (Phi) is 5.02. The van der Waals surface area contributed by atoms with Gasteiger partial charge >= 0.3 is 0 Å². The zero-order valence-electron chi connectivity index (χ0n) is 13.8. The molecule has 8 heteroatoms. The lowest BCUT2D eigenvalue weighted by Gasteiger charge is -2.22. The van der Waals surface area contributed by atoms with Gasteiger partial charge in [0.1, 0.15) is 6.54 Å². The first kappa shape index (κ1) is 17.0. The highest BCUT2D eigenvalue weighted by atomic mass is 16.2. The van der Waals surface area contributed by atoms with Gasteiger partial charge in [0, 0.05) is 38.8 Å². The van der Waals surface area contributed by atoms with Crippen LogP contribution < -0.4 is 5.73 Å². The number of nitrogens with two attached hydrogens (primary N) is 1. The third-order valence-electron chi connectivity index (χ3n) is 4.11. The Hall–Kier alpha value is -2.38. The van der Waals surface area contributed by atoms with E-state index in [0.717, 1.165) is 11.4 Å². The molecule has 126 valence electrons. The molecule has 1 aromatic heterocycles. The molecular formula is C15H23N5O3. The summed E-state index contributed by atoms with van der Waals surface area (Å²) in [6.07, 6.45) is 0. The van der Waals surface area contributed by atoms with Crippen molar-refractivity contribution < 1.29 is 14.4 Å². The number of carbonyl (C=O) groups is 3. The molecule has 2 heterocycles. The number of hydrogen-bond donors (Lipinski definition) is 1. The molecule has 1 aliphatic rings. The summed E-state index contributed by atoms with van der Waals surface area (Å²) in [5.41, 5.74) is 7.16. The Labute approximate surface area is 135 Å². The van der Waals surface area contributed by atoms with Crippen LogP contribution >= 0.6 is 0 Å². The van der Waals surface area contributed by atoms with Gasteiger partial charge in [0.05, 0.1) is 11.6 Å². The summed E-state index contributed by atoms with van der Waals surface area (Å²) in [5.74, 6) is -1.30. The van der Waals surface area contributed by atoms with Gasteiger partial charge in [0.25, 0.3) is 0 Å². The van der Waals surface area contributed by atoms with Crippen molar-refractivity contribution in [1.82, 2.24) is 19.6 Å². The van der Waals surface area contributed by atoms with Crippen LogP contribution in [0.15, 0.2) is 6.07 Å². The molecule has 0 aliphatic carbocycles. The normalized spacial score (nSPS) is 18.7. The van der Waals surface area contributed by atoms with Crippen LogP contribution in [0.2, 0.25) is 0 Å². The topological polar surface area (TPSA) is 102 Å². The van der Waals surface area contributed by atoms with Crippen molar-refractivity contribution in [2.75, 3.05) is 26.2 Å². The second kappa shape index (κ2) is 6.80. The summed E-state index contributed by atoms with van der Waals surface area (Å²) < 4.78 is 1.64. The van der Waals surface area contributed by atoms with Crippen molar-refractivity contribution in [3.63, 3.8) is 0 Å². The van der Waals surface area contributed by atoms with E-state index in [2.05, 4.69) is 5.10 Å². The first-order valence-corrected chi connectivity index (χ1v) is 7.61. The Morgan fingerprint density at radius 1 is 1.22 bits per heavy atom. The number of nitrogens with zero attached hydrogens (tertiary/aromatic N) is 4. The van der Waals surface area contributed by atoms with Crippen molar-refractivity contribution in [3.8, 4) is 0 Å². The minimum Gasteiger partial charge on any atom is -0.369 e. The number of hydrogen-bond acceptors (Lipinski definition) is 4. The van der Waals surface area contributed by atoms with E-state index in [0.29, 0.717) is 13.1 Å². The zero-order chi connectivity index (χ0) is 17.1. The van der Waals surface area contributed by atoms with E-state index in [4.69, 9.17) is 5.73 Å². The molecule has 0 bridgehead atoms. The lowest BCUT2D eigenvalue weighted by Crippen LogP contribution is -2.42. The predicted octanol–water partition coefficient (Wildman–Crippen LogP) is -0.708. The van der Waals surface area contributed by atoms with Gasteiger partial charge in [0.15, 0.2) is 0 Å². The fourth-order valence-electron chi connectivity index (χ4n) is 2.77.